The van der Waals surface area contributed by atoms with Crippen molar-refractivity contribution in [2.45, 2.75) is 45.4 Å². The summed E-state index contributed by atoms with van der Waals surface area (Å²) in [6.07, 6.45) is 5.92. The van der Waals surface area contributed by atoms with Crippen molar-refractivity contribution in [1.82, 2.24) is 4.31 Å². The van der Waals surface area contributed by atoms with Crippen molar-refractivity contribution in [1.29, 1.82) is 0 Å². The van der Waals surface area contributed by atoms with Crippen LogP contribution in [0.5, 0.6) is 0 Å². The van der Waals surface area contributed by atoms with Crippen molar-refractivity contribution >= 4 is 16.0 Å². The maximum absolute atomic E-state index is 12.1. The molecule has 1 rings (SSSR count). The summed E-state index contributed by atoms with van der Waals surface area (Å²) in [5.74, 6) is -0.494. The summed E-state index contributed by atoms with van der Waals surface area (Å²) in [5.41, 5.74) is 0. The Hall–Kier alpha value is -0.620. The van der Waals surface area contributed by atoms with Crippen molar-refractivity contribution in [3.05, 3.63) is 0 Å². The van der Waals surface area contributed by atoms with Crippen LogP contribution in [-0.2, 0) is 14.8 Å². The largest absolute Gasteiger partial charge is 0.480 e. The molecule has 0 aromatic carbocycles. The zero-order valence-corrected chi connectivity index (χ0v) is 11.8. The molecule has 106 valence electrons. The number of hydrogen-bond donors (Lipinski definition) is 1. The monoisotopic (exact) mass is 277 g/mol. The molecule has 0 atom stereocenters. The number of carboxylic acid groups (broad SMARTS) is 1. The zero-order chi connectivity index (χ0) is 13.6. The first-order valence-electron chi connectivity index (χ1n) is 6.65. The molecule has 0 radical (unpaired) electrons. The Kier molecular flexibility index (Phi) is 6.08. The number of hydrogen-bond acceptors (Lipinski definition) is 3. The van der Waals surface area contributed by atoms with Gasteiger partial charge >= 0.3 is 5.97 Å². The number of sulfonamides is 1. The van der Waals surface area contributed by atoms with Gasteiger partial charge < -0.3 is 5.11 Å². The highest BCUT2D eigenvalue weighted by Crippen LogP contribution is 2.28. The van der Waals surface area contributed by atoms with Crippen molar-refractivity contribution in [3.8, 4) is 0 Å². The third-order valence-corrected chi connectivity index (χ3v) is 5.29. The lowest BCUT2D eigenvalue weighted by Crippen LogP contribution is -2.38. The van der Waals surface area contributed by atoms with Gasteiger partial charge in [0.25, 0.3) is 0 Å². The van der Waals surface area contributed by atoms with Gasteiger partial charge in [-0.05, 0) is 18.8 Å². The molecule has 0 aromatic rings. The Morgan fingerprint density at radius 1 is 1.33 bits per heavy atom. The van der Waals surface area contributed by atoms with Crippen LogP contribution < -0.4 is 0 Å². The van der Waals surface area contributed by atoms with E-state index in [1.807, 2.05) is 6.92 Å². The quantitative estimate of drug-likeness (QED) is 0.732. The van der Waals surface area contributed by atoms with E-state index in [-0.39, 0.29) is 5.75 Å². The molecule has 0 spiro atoms. The Morgan fingerprint density at radius 2 is 1.94 bits per heavy atom. The van der Waals surface area contributed by atoms with Crippen molar-refractivity contribution in [2.24, 2.45) is 5.92 Å². The number of carbonyl (C=O) groups is 1. The fraction of sp³-hybridized carbons (Fsp3) is 0.917. The van der Waals surface area contributed by atoms with E-state index in [1.165, 1.54) is 12.8 Å². The van der Waals surface area contributed by atoms with Crippen LogP contribution >= 0.6 is 0 Å². The molecule has 1 aliphatic carbocycles. The van der Waals surface area contributed by atoms with Gasteiger partial charge in [0, 0.05) is 6.54 Å². The molecule has 1 fully saturated rings. The van der Waals surface area contributed by atoms with Gasteiger partial charge in [0.1, 0.15) is 6.54 Å². The van der Waals surface area contributed by atoms with Crippen molar-refractivity contribution in [3.63, 3.8) is 0 Å². The summed E-state index contributed by atoms with van der Waals surface area (Å²) in [5, 5.41) is 8.75. The van der Waals surface area contributed by atoms with E-state index in [2.05, 4.69) is 0 Å². The van der Waals surface area contributed by atoms with Crippen LogP contribution in [0.2, 0.25) is 0 Å². The van der Waals surface area contributed by atoms with Gasteiger partial charge in [-0.1, -0.05) is 32.6 Å². The lowest BCUT2D eigenvalue weighted by Gasteiger charge is -2.20. The molecule has 1 aliphatic rings. The summed E-state index contributed by atoms with van der Waals surface area (Å²) in [7, 11) is -3.41. The molecular weight excluding hydrogens is 254 g/mol. The fourth-order valence-electron chi connectivity index (χ4n) is 2.46. The summed E-state index contributed by atoms with van der Waals surface area (Å²) < 4.78 is 25.3. The molecule has 0 heterocycles. The molecule has 18 heavy (non-hydrogen) atoms. The van der Waals surface area contributed by atoms with Crippen molar-refractivity contribution < 1.29 is 18.3 Å². The molecule has 0 saturated heterocycles. The van der Waals surface area contributed by atoms with Crippen LogP contribution in [0, 0.1) is 5.92 Å². The fourth-order valence-corrected chi connectivity index (χ4v) is 4.12. The molecule has 0 bridgehead atoms. The Balaban J connectivity index is 2.53. The molecule has 1 saturated carbocycles. The number of rotatable bonds is 8. The minimum atomic E-state index is -3.41. The molecule has 0 amide bonds. The molecule has 5 nitrogen and oxygen atoms in total. The van der Waals surface area contributed by atoms with Crippen LogP contribution in [0.3, 0.4) is 0 Å². The van der Waals surface area contributed by atoms with E-state index in [1.54, 1.807) is 0 Å². The summed E-state index contributed by atoms with van der Waals surface area (Å²) in [6.45, 7) is 1.72. The topological polar surface area (TPSA) is 74.7 Å². The normalized spacial score (nSPS) is 17.4. The summed E-state index contributed by atoms with van der Waals surface area (Å²) in [4.78, 5) is 10.7. The smallest absolute Gasteiger partial charge is 0.318 e. The summed E-state index contributed by atoms with van der Waals surface area (Å²) in [6, 6.07) is 0. The van der Waals surface area contributed by atoms with Gasteiger partial charge in [-0.15, -0.1) is 0 Å². The molecule has 0 aliphatic heterocycles. The zero-order valence-electron chi connectivity index (χ0n) is 11.0. The third kappa shape index (κ3) is 4.94. The highest BCUT2D eigenvalue weighted by Gasteiger charge is 2.25. The maximum atomic E-state index is 12.1. The molecular formula is C12H23NO4S. The second kappa shape index (κ2) is 7.09. The minimum Gasteiger partial charge on any atom is -0.480 e. The highest BCUT2D eigenvalue weighted by atomic mass is 32.2. The Morgan fingerprint density at radius 3 is 2.44 bits per heavy atom. The van der Waals surface area contributed by atoms with E-state index in [0.29, 0.717) is 25.3 Å². The second-order valence-corrected chi connectivity index (χ2v) is 7.07. The third-order valence-electron chi connectivity index (χ3n) is 3.44. The van der Waals surface area contributed by atoms with Gasteiger partial charge in [0.2, 0.25) is 10.0 Å². The lowest BCUT2D eigenvalue weighted by atomic mass is 10.1. The van der Waals surface area contributed by atoms with Gasteiger partial charge in [-0.25, -0.2) is 8.42 Å². The first-order valence-corrected chi connectivity index (χ1v) is 8.26. The van der Waals surface area contributed by atoms with E-state index < -0.39 is 22.5 Å². The molecule has 6 heteroatoms. The van der Waals surface area contributed by atoms with E-state index in [4.69, 9.17) is 5.11 Å². The van der Waals surface area contributed by atoms with Gasteiger partial charge in [-0.3, -0.25) is 4.79 Å². The van der Waals surface area contributed by atoms with Crippen LogP contribution in [0.15, 0.2) is 0 Å². The molecule has 0 aromatic heterocycles. The van der Waals surface area contributed by atoms with E-state index in [9.17, 15) is 13.2 Å². The van der Waals surface area contributed by atoms with Crippen LogP contribution in [0.1, 0.15) is 45.4 Å². The minimum absolute atomic E-state index is 0.0882. The van der Waals surface area contributed by atoms with Crippen LogP contribution in [-0.4, -0.2) is 42.6 Å². The standard InChI is InChI=1S/C12H23NO4S/c1-2-8-13(10-12(14)15)18(16,17)9-7-11-5-3-4-6-11/h11H,2-10H2,1H3,(H,14,15). The predicted molar refractivity (Wildman–Crippen MR) is 69.9 cm³/mol. The number of carboxylic acids is 1. The number of aliphatic carboxylic acids is 1. The first-order chi connectivity index (χ1) is 8.45. The first kappa shape index (κ1) is 15.4. The van der Waals surface area contributed by atoms with E-state index >= 15 is 0 Å². The van der Waals surface area contributed by atoms with Crippen molar-refractivity contribution in [2.75, 3.05) is 18.8 Å². The molecule has 1 N–H and O–H groups in total. The van der Waals surface area contributed by atoms with Crippen LogP contribution in [0.4, 0.5) is 0 Å². The highest BCUT2D eigenvalue weighted by molar-refractivity contribution is 7.89. The SMILES string of the molecule is CCCN(CC(=O)O)S(=O)(=O)CCC1CCCC1. The maximum Gasteiger partial charge on any atom is 0.318 e. The average molecular weight is 277 g/mol. The van der Waals surface area contributed by atoms with Crippen LogP contribution in [0.25, 0.3) is 0 Å². The average Bonchev–Trinajstić information content (AvgIpc) is 2.78. The van der Waals surface area contributed by atoms with Gasteiger partial charge in [-0.2, -0.15) is 4.31 Å². The predicted octanol–water partition coefficient (Wildman–Crippen LogP) is 1.69. The van der Waals surface area contributed by atoms with E-state index in [0.717, 1.165) is 17.1 Å². The number of nitrogens with zero attached hydrogens (tertiary/aromatic N) is 1. The summed E-state index contributed by atoms with van der Waals surface area (Å²) >= 11 is 0. The Labute approximate surface area is 109 Å². The second-order valence-electron chi connectivity index (χ2n) is 4.98. The molecule has 0 unspecified atom stereocenters. The Bertz CT molecular complexity index is 360. The van der Waals surface area contributed by atoms with Gasteiger partial charge in [0.05, 0.1) is 5.75 Å². The lowest BCUT2D eigenvalue weighted by molar-refractivity contribution is -0.137. The van der Waals surface area contributed by atoms with Gasteiger partial charge in [0.15, 0.2) is 0 Å².